The highest BCUT2D eigenvalue weighted by Crippen LogP contribution is 2.30. The van der Waals surface area contributed by atoms with Crippen molar-refractivity contribution in [2.24, 2.45) is 0 Å². The standard InChI is InChI=1S/C20H21Cl2NO3S/c1-24-19-9-13(20(27)23-11-16-3-2-8-25-16)5-7-18(19)26-12-14-4-6-15(21)10-17(14)22/h4-7,9-10,16H,2-3,8,11-12H2,1H3,(H,23,27)/t16-/m1/s1. The first-order valence-corrected chi connectivity index (χ1v) is 9.88. The van der Waals surface area contributed by atoms with E-state index < -0.39 is 0 Å². The molecule has 0 aromatic heterocycles. The fraction of sp³-hybridized carbons (Fsp3) is 0.350. The summed E-state index contributed by atoms with van der Waals surface area (Å²) >= 11 is 17.6. The van der Waals surface area contributed by atoms with Gasteiger partial charge in [-0.25, -0.2) is 0 Å². The van der Waals surface area contributed by atoms with Crippen LogP contribution in [0.15, 0.2) is 36.4 Å². The molecule has 1 fully saturated rings. The van der Waals surface area contributed by atoms with Gasteiger partial charge in [-0.15, -0.1) is 0 Å². The molecule has 1 aliphatic heterocycles. The molecule has 27 heavy (non-hydrogen) atoms. The van der Waals surface area contributed by atoms with E-state index in [2.05, 4.69) is 5.32 Å². The van der Waals surface area contributed by atoms with Gasteiger partial charge in [0.1, 0.15) is 11.6 Å². The summed E-state index contributed by atoms with van der Waals surface area (Å²) in [4.78, 5) is 0.663. The maximum absolute atomic E-state index is 6.19. The molecule has 2 aromatic carbocycles. The predicted molar refractivity (Wildman–Crippen MR) is 112 cm³/mol. The fourth-order valence-corrected chi connectivity index (χ4v) is 3.51. The third-order valence-electron chi connectivity index (χ3n) is 4.34. The Labute approximate surface area is 174 Å². The molecule has 0 aliphatic carbocycles. The van der Waals surface area contributed by atoms with Crippen LogP contribution < -0.4 is 14.8 Å². The van der Waals surface area contributed by atoms with Crippen molar-refractivity contribution >= 4 is 40.4 Å². The number of ether oxygens (including phenoxy) is 3. The molecule has 4 nitrogen and oxygen atoms in total. The summed E-state index contributed by atoms with van der Waals surface area (Å²) in [6.45, 7) is 1.86. The highest BCUT2D eigenvalue weighted by Gasteiger charge is 2.16. The zero-order valence-corrected chi connectivity index (χ0v) is 17.3. The van der Waals surface area contributed by atoms with Crippen LogP contribution in [0.4, 0.5) is 0 Å². The predicted octanol–water partition coefficient (Wildman–Crippen LogP) is 5.03. The van der Waals surface area contributed by atoms with Crippen LogP contribution in [0.1, 0.15) is 24.0 Å². The Hall–Kier alpha value is -1.53. The average Bonchev–Trinajstić information content (AvgIpc) is 3.19. The first-order valence-electron chi connectivity index (χ1n) is 8.71. The summed E-state index contributed by atoms with van der Waals surface area (Å²) in [6, 6.07) is 10.9. The number of benzene rings is 2. The smallest absolute Gasteiger partial charge is 0.161 e. The fourth-order valence-electron chi connectivity index (χ4n) is 2.84. The molecular weight excluding hydrogens is 405 g/mol. The number of methoxy groups -OCH3 is 1. The zero-order valence-electron chi connectivity index (χ0n) is 15.0. The van der Waals surface area contributed by atoms with Crippen molar-refractivity contribution in [3.05, 3.63) is 57.6 Å². The second-order valence-electron chi connectivity index (χ2n) is 6.24. The first-order chi connectivity index (χ1) is 13.1. The van der Waals surface area contributed by atoms with E-state index in [9.17, 15) is 0 Å². The van der Waals surface area contributed by atoms with E-state index in [1.165, 1.54) is 0 Å². The Morgan fingerprint density at radius 1 is 1.22 bits per heavy atom. The Kier molecular flexibility index (Phi) is 7.19. The molecule has 1 N–H and O–H groups in total. The summed E-state index contributed by atoms with van der Waals surface area (Å²) in [5.74, 6) is 1.23. The summed E-state index contributed by atoms with van der Waals surface area (Å²) < 4.78 is 16.9. The lowest BCUT2D eigenvalue weighted by Gasteiger charge is -2.15. The van der Waals surface area contributed by atoms with E-state index in [0.717, 1.165) is 30.6 Å². The monoisotopic (exact) mass is 425 g/mol. The number of hydrogen-bond donors (Lipinski definition) is 1. The SMILES string of the molecule is COc1cc(C(=S)NC[C@H]2CCCO2)ccc1OCc1ccc(Cl)cc1Cl. The molecule has 1 heterocycles. The maximum atomic E-state index is 6.19. The maximum Gasteiger partial charge on any atom is 0.161 e. The van der Waals surface area contributed by atoms with Crippen LogP contribution in [0, 0.1) is 0 Å². The van der Waals surface area contributed by atoms with Crippen LogP contribution in [0.25, 0.3) is 0 Å². The van der Waals surface area contributed by atoms with Crippen molar-refractivity contribution in [1.82, 2.24) is 5.32 Å². The average molecular weight is 426 g/mol. The van der Waals surface area contributed by atoms with E-state index in [1.54, 1.807) is 19.2 Å². The molecule has 0 radical (unpaired) electrons. The second kappa shape index (κ2) is 9.60. The van der Waals surface area contributed by atoms with E-state index in [4.69, 9.17) is 49.6 Å². The lowest BCUT2D eigenvalue weighted by molar-refractivity contribution is 0.114. The Morgan fingerprint density at radius 2 is 2.07 bits per heavy atom. The first kappa shape index (κ1) is 20.2. The molecule has 2 aromatic rings. The van der Waals surface area contributed by atoms with Gasteiger partial charge in [0.25, 0.3) is 0 Å². The van der Waals surface area contributed by atoms with Crippen LogP contribution in [0.3, 0.4) is 0 Å². The van der Waals surface area contributed by atoms with Crippen molar-refractivity contribution in [1.29, 1.82) is 0 Å². The third-order valence-corrected chi connectivity index (χ3v) is 5.31. The van der Waals surface area contributed by atoms with E-state index in [1.807, 2.05) is 24.3 Å². The van der Waals surface area contributed by atoms with Crippen molar-refractivity contribution < 1.29 is 14.2 Å². The van der Waals surface area contributed by atoms with Gasteiger partial charge in [-0.2, -0.15) is 0 Å². The Morgan fingerprint density at radius 3 is 2.78 bits per heavy atom. The largest absolute Gasteiger partial charge is 0.493 e. The highest BCUT2D eigenvalue weighted by atomic mass is 35.5. The van der Waals surface area contributed by atoms with Gasteiger partial charge in [0.2, 0.25) is 0 Å². The van der Waals surface area contributed by atoms with Gasteiger partial charge in [-0.1, -0.05) is 41.5 Å². The molecule has 1 aliphatic rings. The van der Waals surface area contributed by atoms with Gasteiger partial charge in [-0.05, 0) is 43.2 Å². The third kappa shape index (κ3) is 5.48. The van der Waals surface area contributed by atoms with E-state index in [0.29, 0.717) is 39.7 Å². The number of nitrogens with one attached hydrogen (secondary N) is 1. The molecule has 0 spiro atoms. The summed E-state index contributed by atoms with van der Waals surface area (Å²) in [7, 11) is 1.60. The highest BCUT2D eigenvalue weighted by molar-refractivity contribution is 7.80. The summed E-state index contributed by atoms with van der Waals surface area (Å²) in [6.07, 6.45) is 2.41. The molecule has 1 atom stereocenters. The van der Waals surface area contributed by atoms with Crippen LogP contribution in [0.2, 0.25) is 10.0 Å². The van der Waals surface area contributed by atoms with Crippen LogP contribution in [0.5, 0.6) is 11.5 Å². The normalized spacial score (nSPS) is 16.2. The van der Waals surface area contributed by atoms with Gasteiger partial charge in [0.15, 0.2) is 11.5 Å². The molecule has 0 unspecified atom stereocenters. The van der Waals surface area contributed by atoms with E-state index in [-0.39, 0.29) is 6.10 Å². The molecule has 1 saturated heterocycles. The zero-order chi connectivity index (χ0) is 19.2. The molecule has 0 bridgehead atoms. The Bertz CT molecular complexity index is 810. The van der Waals surface area contributed by atoms with Crippen LogP contribution in [-0.4, -0.2) is 31.4 Å². The van der Waals surface area contributed by atoms with Gasteiger partial charge in [0, 0.05) is 34.3 Å². The minimum absolute atomic E-state index is 0.233. The second-order valence-corrected chi connectivity index (χ2v) is 7.49. The van der Waals surface area contributed by atoms with Gasteiger partial charge in [0.05, 0.1) is 13.2 Å². The number of thiocarbonyl (C=S) groups is 1. The summed E-state index contributed by atoms with van der Waals surface area (Å²) in [5.41, 5.74) is 1.72. The van der Waals surface area contributed by atoms with Gasteiger partial charge < -0.3 is 19.5 Å². The molecule has 0 saturated carbocycles. The molecule has 0 amide bonds. The van der Waals surface area contributed by atoms with Crippen molar-refractivity contribution in [2.75, 3.05) is 20.3 Å². The summed E-state index contributed by atoms with van der Waals surface area (Å²) in [5, 5.41) is 4.42. The molecule has 7 heteroatoms. The van der Waals surface area contributed by atoms with Crippen LogP contribution >= 0.6 is 35.4 Å². The topological polar surface area (TPSA) is 39.7 Å². The van der Waals surface area contributed by atoms with Crippen molar-refractivity contribution in [3.63, 3.8) is 0 Å². The van der Waals surface area contributed by atoms with Crippen molar-refractivity contribution in [3.8, 4) is 11.5 Å². The van der Waals surface area contributed by atoms with Crippen molar-refractivity contribution in [2.45, 2.75) is 25.6 Å². The minimum Gasteiger partial charge on any atom is -0.493 e. The lowest BCUT2D eigenvalue weighted by atomic mass is 10.2. The number of hydrogen-bond acceptors (Lipinski definition) is 4. The quantitative estimate of drug-likeness (QED) is 0.630. The molecule has 144 valence electrons. The van der Waals surface area contributed by atoms with Gasteiger partial charge >= 0.3 is 0 Å². The van der Waals surface area contributed by atoms with E-state index >= 15 is 0 Å². The Balaban J connectivity index is 1.63. The number of halogens is 2. The number of rotatable bonds is 7. The molecular formula is C20H21Cl2NO3S. The van der Waals surface area contributed by atoms with Crippen LogP contribution in [-0.2, 0) is 11.3 Å². The minimum atomic E-state index is 0.233. The molecule has 3 rings (SSSR count). The van der Waals surface area contributed by atoms with Gasteiger partial charge in [-0.3, -0.25) is 0 Å². The lowest BCUT2D eigenvalue weighted by Crippen LogP contribution is -2.31.